The Morgan fingerprint density at radius 3 is 3.00 bits per heavy atom. The van der Waals surface area contributed by atoms with E-state index in [0.29, 0.717) is 16.9 Å². The van der Waals surface area contributed by atoms with Crippen molar-refractivity contribution in [1.29, 1.82) is 0 Å². The molecule has 1 aliphatic heterocycles. The van der Waals surface area contributed by atoms with Gasteiger partial charge < -0.3 is 9.52 Å². The zero-order valence-electron chi connectivity index (χ0n) is 9.46. The molecule has 0 aliphatic carbocycles. The van der Waals surface area contributed by atoms with Gasteiger partial charge in [0.05, 0.1) is 12.4 Å². The van der Waals surface area contributed by atoms with E-state index in [4.69, 9.17) is 4.42 Å². The molecule has 0 radical (unpaired) electrons. The third kappa shape index (κ3) is 2.99. The molecule has 1 fully saturated rings. The SMILES string of the molecule is CCC1SCCSC1C(O)Cc1ccco1. The first-order valence-corrected chi connectivity index (χ1v) is 7.84. The molecular weight excluding hydrogens is 240 g/mol. The maximum absolute atomic E-state index is 10.3. The van der Waals surface area contributed by atoms with Crippen LogP contribution in [-0.4, -0.2) is 33.2 Å². The fourth-order valence-electron chi connectivity index (χ4n) is 2.05. The summed E-state index contributed by atoms with van der Waals surface area (Å²) in [7, 11) is 0. The van der Waals surface area contributed by atoms with Crippen LogP contribution in [0.3, 0.4) is 0 Å². The van der Waals surface area contributed by atoms with E-state index in [1.54, 1.807) is 6.26 Å². The van der Waals surface area contributed by atoms with E-state index >= 15 is 0 Å². The van der Waals surface area contributed by atoms with Gasteiger partial charge in [-0.2, -0.15) is 23.5 Å². The van der Waals surface area contributed by atoms with Crippen LogP contribution in [0, 0.1) is 0 Å². The summed E-state index contributed by atoms with van der Waals surface area (Å²) in [5.41, 5.74) is 0. The zero-order valence-corrected chi connectivity index (χ0v) is 11.1. The summed E-state index contributed by atoms with van der Waals surface area (Å²) in [6.45, 7) is 2.20. The second-order valence-corrected chi connectivity index (χ2v) is 6.64. The fraction of sp³-hybridized carbons (Fsp3) is 0.667. The quantitative estimate of drug-likeness (QED) is 0.900. The van der Waals surface area contributed by atoms with Crippen LogP contribution in [-0.2, 0) is 6.42 Å². The summed E-state index contributed by atoms with van der Waals surface area (Å²) < 4.78 is 5.29. The molecular formula is C12H18O2S2. The van der Waals surface area contributed by atoms with Gasteiger partial charge in [0.25, 0.3) is 0 Å². The van der Waals surface area contributed by atoms with E-state index in [1.165, 1.54) is 5.75 Å². The van der Waals surface area contributed by atoms with Crippen LogP contribution in [0.4, 0.5) is 0 Å². The van der Waals surface area contributed by atoms with E-state index < -0.39 is 0 Å². The second kappa shape index (κ2) is 6.03. The predicted octanol–water partition coefficient (Wildman–Crippen LogP) is 2.81. The minimum atomic E-state index is -0.283. The highest BCUT2D eigenvalue weighted by molar-refractivity contribution is 8.07. The molecule has 1 aromatic heterocycles. The zero-order chi connectivity index (χ0) is 11.4. The number of rotatable bonds is 4. The van der Waals surface area contributed by atoms with Gasteiger partial charge in [0, 0.05) is 28.4 Å². The summed E-state index contributed by atoms with van der Waals surface area (Å²) in [6.07, 6.45) is 3.16. The van der Waals surface area contributed by atoms with Crippen molar-refractivity contribution in [3.63, 3.8) is 0 Å². The highest BCUT2D eigenvalue weighted by atomic mass is 32.2. The normalized spacial score (nSPS) is 27.9. The number of aliphatic hydroxyl groups excluding tert-OH is 1. The molecule has 90 valence electrons. The van der Waals surface area contributed by atoms with Crippen molar-refractivity contribution in [2.24, 2.45) is 0 Å². The fourth-order valence-corrected chi connectivity index (χ4v) is 5.19. The molecule has 0 amide bonds. The molecule has 1 N–H and O–H groups in total. The molecule has 2 rings (SSSR count). The lowest BCUT2D eigenvalue weighted by Crippen LogP contribution is -2.37. The molecule has 3 atom stereocenters. The van der Waals surface area contributed by atoms with Gasteiger partial charge in [-0.15, -0.1) is 0 Å². The van der Waals surface area contributed by atoms with Crippen molar-refractivity contribution in [3.05, 3.63) is 24.2 Å². The van der Waals surface area contributed by atoms with Crippen LogP contribution in [0.25, 0.3) is 0 Å². The minimum Gasteiger partial charge on any atom is -0.469 e. The molecule has 3 unspecified atom stereocenters. The Balaban J connectivity index is 1.94. The summed E-state index contributed by atoms with van der Waals surface area (Å²) in [5, 5.41) is 11.2. The maximum Gasteiger partial charge on any atom is 0.106 e. The Bertz CT molecular complexity index is 300. The maximum atomic E-state index is 10.3. The molecule has 0 spiro atoms. The van der Waals surface area contributed by atoms with Crippen LogP contribution in [0.5, 0.6) is 0 Å². The second-order valence-electron chi connectivity index (χ2n) is 4.00. The van der Waals surface area contributed by atoms with Gasteiger partial charge >= 0.3 is 0 Å². The van der Waals surface area contributed by atoms with Crippen molar-refractivity contribution < 1.29 is 9.52 Å². The smallest absolute Gasteiger partial charge is 0.106 e. The number of hydrogen-bond acceptors (Lipinski definition) is 4. The van der Waals surface area contributed by atoms with Crippen molar-refractivity contribution >= 4 is 23.5 Å². The first kappa shape index (κ1) is 12.4. The summed E-state index contributed by atoms with van der Waals surface area (Å²) in [5.74, 6) is 3.26. The molecule has 1 aliphatic rings. The van der Waals surface area contributed by atoms with Crippen LogP contribution in [0.15, 0.2) is 22.8 Å². The van der Waals surface area contributed by atoms with Crippen LogP contribution in [0.2, 0.25) is 0 Å². The summed E-state index contributed by atoms with van der Waals surface area (Å²) in [4.78, 5) is 0. The van der Waals surface area contributed by atoms with Crippen LogP contribution >= 0.6 is 23.5 Å². The van der Waals surface area contributed by atoms with Gasteiger partial charge in [-0.3, -0.25) is 0 Å². The third-order valence-electron chi connectivity index (χ3n) is 2.86. The molecule has 1 saturated heterocycles. The van der Waals surface area contributed by atoms with E-state index in [1.807, 2.05) is 35.7 Å². The molecule has 0 aromatic carbocycles. The largest absolute Gasteiger partial charge is 0.469 e. The number of hydrogen-bond donors (Lipinski definition) is 1. The van der Waals surface area contributed by atoms with Crippen LogP contribution < -0.4 is 0 Å². The lowest BCUT2D eigenvalue weighted by molar-refractivity contribution is 0.162. The van der Waals surface area contributed by atoms with E-state index in [2.05, 4.69) is 6.92 Å². The van der Waals surface area contributed by atoms with Crippen molar-refractivity contribution in [3.8, 4) is 0 Å². The topological polar surface area (TPSA) is 33.4 Å². The first-order valence-electron chi connectivity index (χ1n) is 5.75. The van der Waals surface area contributed by atoms with Gasteiger partial charge in [-0.25, -0.2) is 0 Å². The highest BCUT2D eigenvalue weighted by Crippen LogP contribution is 2.35. The van der Waals surface area contributed by atoms with Crippen molar-refractivity contribution in [1.82, 2.24) is 0 Å². The summed E-state index contributed by atoms with van der Waals surface area (Å²) >= 11 is 3.91. The Kier molecular flexibility index (Phi) is 4.67. The van der Waals surface area contributed by atoms with Gasteiger partial charge in [0.2, 0.25) is 0 Å². The Morgan fingerprint density at radius 2 is 2.31 bits per heavy atom. The Labute approximate surface area is 105 Å². The molecule has 0 saturated carbocycles. The number of furan rings is 1. The van der Waals surface area contributed by atoms with Gasteiger partial charge in [0.15, 0.2) is 0 Å². The van der Waals surface area contributed by atoms with Gasteiger partial charge in [-0.05, 0) is 18.6 Å². The van der Waals surface area contributed by atoms with Crippen molar-refractivity contribution in [2.75, 3.05) is 11.5 Å². The summed E-state index contributed by atoms with van der Waals surface area (Å²) in [6, 6.07) is 3.81. The lowest BCUT2D eigenvalue weighted by atomic mass is 10.1. The van der Waals surface area contributed by atoms with E-state index in [9.17, 15) is 5.11 Å². The first-order chi connectivity index (χ1) is 7.81. The molecule has 1 aromatic rings. The minimum absolute atomic E-state index is 0.283. The average Bonchev–Trinajstić information content (AvgIpc) is 2.81. The molecule has 2 nitrogen and oxygen atoms in total. The Morgan fingerprint density at radius 1 is 1.50 bits per heavy atom. The molecule has 4 heteroatoms. The monoisotopic (exact) mass is 258 g/mol. The van der Waals surface area contributed by atoms with Gasteiger partial charge in [-0.1, -0.05) is 6.92 Å². The standard InChI is InChI=1S/C12H18O2S2/c1-2-11-12(16-7-6-15-11)10(13)8-9-4-3-5-14-9/h3-5,10-13H,2,6-8H2,1H3. The average molecular weight is 258 g/mol. The highest BCUT2D eigenvalue weighted by Gasteiger charge is 2.31. The molecule has 2 heterocycles. The van der Waals surface area contributed by atoms with E-state index in [0.717, 1.165) is 17.9 Å². The van der Waals surface area contributed by atoms with Crippen molar-refractivity contribution in [2.45, 2.75) is 36.4 Å². The molecule has 16 heavy (non-hydrogen) atoms. The van der Waals surface area contributed by atoms with E-state index in [-0.39, 0.29) is 6.10 Å². The predicted molar refractivity (Wildman–Crippen MR) is 71.2 cm³/mol. The third-order valence-corrected chi connectivity index (χ3v) is 6.26. The number of thioether (sulfide) groups is 2. The molecule has 0 bridgehead atoms. The lowest BCUT2D eigenvalue weighted by Gasteiger charge is -2.33. The van der Waals surface area contributed by atoms with Crippen LogP contribution in [0.1, 0.15) is 19.1 Å². The number of aliphatic hydroxyl groups is 1. The Hall–Kier alpha value is -0.0600. The van der Waals surface area contributed by atoms with Gasteiger partial charge in [0.1, 0.15) is 5.76 Å².